The van der Waals surface area contributed by atoms with Gasteiger partial charge in [-0.3, -0.25) is 9.69 Å². The summed E-state index contributed by atoms with van der Waals surface area (Å²) in [5.41, 5.74) is 7.16. The highest BCUT2D eigenvalue weighted by atomic mass is 19.1. The van der Waals surface area contributed by atoms with Crippen LogP contribution in [-0.2, 0) is 4.79 Å². The fourth-order valence-corrected chi connectivity index (χ4v) is 2.13. The molecule has 0 saturated carbocycles. The number of amides is 1. The first-order valence-corrected chi connectivity index (χ1v) is 6.08. The van der Waals surface area contributed by atoms with E-state index < -0.39 is 0 Å². The van der Waals surface area contributed by atoms with Gasteiger partial charge in [0, 0.05) is 24.8 Å². The SMILES string of the molecule is Cc1ccc(F)cc1NC(=O)CN1CC[C@H](N)C1. The summed E-state index contributed by atoms with van der Waals surface area (Å²) < 4.78 is 13.1. The maximum atomic E-state index is 13.1. The molecule has 3 N–H and O–H groups in total. The standard InChI is InChI=1S/C13H18FN3O/c1-9-2-3-10(14)6-12(9)16-13(18)8-17-5-4-11(15)7-17/h2-3,6,11H,4-5,7-8,15H2,1H3,(H,16,18)/t11-/m0/s1. The molecule has 1 aromatic rings. The summed E-state index contributed by atoms with van der Waals surface area (Å²) in [6.45, 7) is 3.73. The van der Waals surface area contributed by atoms with E-state index in [0.717, 1.165) is 25.1 Å². The Labute approximate surface area is 106 Å². The number of carbonyl (C=O) groups is 1. The minimum Gasteiger partial charge on any atom is -0.326 e. The Morgan fingerprint density at radius 2 is 2.39 bits per heavy atom. The fourth-order valence-electron chi connectivity index (χ4n) is 2.13. The summed E-state index contributed by atoms with van der Waals surface area (Å²) in [5, 5.41) is 2.73. The lowest BCUT2D eigenvalue weighted by molar-refractivity contribution is -0.117. The molecule has 1 saturated heterocycles. The molecule has 0 bridgehead atoms. The molecule has 1 heterocycles. The quantitative estimate of drug-likeness (QED) is 0.846. The van der Waals surface area contributed by atoms with Crippen molar-refractivity contribution in [2.75, 3.05) is 25.0 Å². The molecule has 5 heteroatoms. The van der Waals surface area contributed by atoms with Crippen molar-refractivity contribution < 1.29 is 9.18 Å². The Bertz CT molecular complexity index is 450. The van der Waals surface area contributed by atoms with Crippen molar-refractivity contribution in [2.45, 2.75) is 19.4 Å². The Hall–Kier alpha value is -1.46. The summed E-state index contributed by atoms with van der Waals surface area (Å²) in [4.78, 5) is 13.8. The number of halogens is 1. The number of carbonyl (C=O) groups excluding carboxylic acids is 1. The van der Waals surface area contributed by atoms with Crippen molar-refractivity contribution >= 4 is 11.6 Å². The number of nitrogens with two attached hydrogens (primary N) is 1. The van der Waals surface area contributed by atoms with Crippen LogP contribution in [0.1, 0.15) is 12.0 Å². The molecule has 0 unspecified atom stereocenters. The Morgan fingerprint density at radius 1 is 1.61 bits per heavy atom. The molecule has 2 rings (SSSR count). The third-order valence-corrected chi connectivity index (χ3v) is 3.15. The molecule has 1 aliphatic heterocycles. The molecule has 18 heavy (non-hydrogen) atoms. The smallest absolute Gasteiger partial charge is 0.238 e. The third kappa shape index (κ3) is 3.27. The summed E-state index contributed by atoms with van der Waals surface area (Å²) in [6, 6.07) is 4.53. The van der Waals surface area contributed by atoms with Crippen LogP contribution in [0.3, 0.4) is 0 Å². The molecule has 0 radical (unpaired) electrons. The molecule has 1 aliphatic rings. The van der Waals surface area contributed by atoms with Gasteiger partial charge in [0.25, 0.3) is 0 Å². The number of aryl methyl sites for hydroxylation is 1. The predicted octanol–water partition coefficient (Wildman–Crippen LogP) is 1.11. The second kappa shape index (κ2) is 5.46. The van der Waals surface area contributed by atoms with Crippen LogP contribution in [0.4, 0.5) is 10.1 Å². The van der Waals surface area contributed by atoms with Crippen molar-refractivity contribution in [2.24, 2.45) is 5.73 Å². The summed E-state index contributed by atoms with van der Waals surface area (Å²) >= 11 is 0. The molecule has 0 aromatic heterocycles. The minimum atomic E-state index is -0.348. The van der Waals surface area contributed by atoms with Crippen LogP contribution >= 0.6 is 0 Å². The summed E-state index contributed by atoms with van der Waals surface area (Å²) in [5.74, 6) is -0.475. The number of anilines is 1. The van der Waals surface area contributed by atoms with Gasteiger partial charge < -0.3 is 11.1 Å². The minimum absolute atomic E-state index is 0.127. The molecular weight excluding hydrogens is 233 g/mol. The molecule has 1 aromatic carbocycles. The maximum Gasteiger partial charge on any atom is 0.238 e. The summed E-state index contributed by atoms with van der Waals surface area (Å²) in [7, 11) is 0. The van der Waals surface area contributed by atoms with Crippen molar-refractivity contribution in [3.63, 3.8) is 0 Å². The van der Waals surface area contributed by atoms with Gasteiger partial charge in [-0.1, -0.05) is 6.07 Å². The van der Waals surface area contributed by atoms with Crippen LogP contribution in [0.15, 0.2) is 18.2 Å². The number of nitrogens with one attached hydrogen (secondary N) is 1. The number of benzene rings is 1. The molecular formula is C13H18FN3O. The fraction of sp³-hybridized carbons (Fsp3) is 0.462. The van der Waals surface area contributed by atoms with E-state index in [1.807, 2.05) is 11.8 Å². The number of rotatable bonds is 3. The lowest BCUT2D eigenvalue weighted by Crippen LogP contribution is -2.33. The van der Waals surface area contributed by atoms with Crippen LogP contribution in [0.25, 0.3) is 0 Å². The maximum absolute atomic E-state index is 13.1. The van der Waals surface area contributed by atoms with E-state index >= 15 is 0 Å². The monoisotopic (exact) mass is 251 g/mol. The van der Waals surface area contributed by atoms with Crippen molar-refractivity contribution in [3.05, 3.63) is 29.6 Å². The Balaban J connectivity index is 1.92. The van der Waals surface area contributed by atoms with Gasteiger partial charge >= 0.3 is 0 Å². The van der Waals surface area contributed by atoms with E-state index in [4.69, 9.17) is 5.73 Å². The largest absolute Gasteiger partial charge is 0.326 e. The van der Waals surface area contributed by atoms with Gasteiger partial charge in [-0.25, -0.2) is 4.39 Å². The first-order chi connectivity index (χ1) is 8.54. The van der Waals surface area contributed by atoms with E-state index in [0.29, 0.717) is 12.2 Å². The molecule has 1 atom stereocenters. The van der Waals surface area contributed by atoms with Crippen LogP contribution in [0.5, 0.6) is 0 Å². The second-order valence-electron chi connectivity index (χ2n) is 4.79. The highest BCUT2D eigenvalue weighted by Gasteiger charge is 2.21. The average molecular weight is 251 g/mol. The third-order valence-electron chi connectivity index (χ3n) is 3.15. The van der Waals surface area contributed by atoms with E-state index in [1.165, 1.54) is 12.1 Å². The van der Waals surface area contributed by atoms with Crippen LogP contribution in [-0.4, -0.2) is 36.5 Å². The van der Waals surface area contributed by atoms with Gasteiger partial charge in [0.15, 0.2) is 0 Å². The number of likely N-dealkylation sites (tertiary alicyclic amines) is 1. The van der Waals surface area contributed by atoms with Crippen LogP contribution < -0.4 is 11.1 Å². The van der Waals surface area contributed by atoms with Crippen molar-refractivity contribution in [1.29, 1.82) is 0 Å². The number of hydrogen-bond acceptors (Lipinski definition) is 3. The molecule has 0 aliphatic carbocycles. The predicted molar refractivity (Wildman–Crippen MR) is 68.8 cm³/mol. The second-order valence-corrected chi connectivity index (χ2v) is 4.79. The van der Waals surface area contributed by atoms with Crippen LogP contribution in [0.2, 0.25) is 0 Å². The van der Waals surface area contributed by atoms with E-state index in [-0.39, 0.29) is 17.8 Å². The normalized spacial score (nSPS) is 20.1. The Morgan fingerprint density at radius 3 is 3.06 bits per heavy atom. The van der Waals surface area contributed by atoms with Gasteiger partial charge in [-0.15, -0.1) is 0 Å². The first kappa shape index (κ1) is 13.0. The highest BCUT2D eigenvalue weighted by molar-refractivity contribution is 5.92. The van der Waals surface area contributed by atoms with E-state index in [9.17, 15) is 9.18 Å². The average Bonchev–Trinajstić information content (AvgIpc) is 2.69. The zero-order chi connectivity index (χ0) is 13.1. The van der Waals surface area contributed by atoms with Gasteiger partial charge in [-0.05, 0) is 31.0 Å². The lowest BCUT2D eigenvalue weighted by atomic mass is 10.2. The Kier molecular flexibility index (Phi) is 3.93. The lowest BCUT2D eigenvalue weighted by Gasteiger charge is -2.15. The van der Waals surface area contributed by atoms with Crippen molar-refractivity contribution in [3.8, 4) is 0 Å². The van der Waals surface area contributed by atoms with Gasteiger partial charge in [0.05, 0.1) is 6.54 Å². The zero-order valence-electron chi connectivity index (χ0n) is 10.4. The summed E-state index contributed by atoms with van der Waals surface area (Å²) in [6.07, 6.45) is 0.923. The molecule has 1 amide bonds. The van der Waals surface area contributed by atoms with Crippen LogP contribution in [0, 0.1) is 12.7 Å². The molecule has 4 nitrogen and oxygen atoms in total. The first-order valence-electron chi connectivity index (χ1n) is 6.08. The topological polar surface area (TPSA) is 58.4 Å². The zero-order valence-corrected chi connectivity index (χ0v) is 10.4. The van der Waals surface area contributed by atoms with Crippen molar-refractivity contribution in [1.82, 2.24) is 4.90 Å². The van der Waals surface area contributed by atoms with E-state index in [1.54, 1.807) is 6.07 Å². The molecule has 0 spiro atoms. The number of nitrogens with zero attached hydrogens (tertiary/aromatic N) is 1. The van der Waals surface area contributed by atoms with Gasteiger partial charge in [-0.2, -0.15) is 0 Å². The van der Waals surface area contributed by atoms with Gasteiger partial charge in [0.2, 0.25) is 5.91 Å². The molecule has 1 fully saturated rings. The van der Waals surface area contributed by atoms with E-state index in [2.05, 4.69) is 5.32 Å². The number of hydrogen-bond donors (Lipinski definition) is 2. The highest BCUT2D eigenvalue weighted by Crippen LogP contribution is 2.16. The van der Waals surface area contributed by atoms with Gasteiger partial charge in [0.1, 0.15) is 5.82 Å². The molecule has 98 valence electrons.